The maximum Gasteiger partial charge on any atom is 0.407 e. The molecule has 0 saturated carbocycles. The predicted octanol–water partition coefficient (Wildman–Crippen LogP) is 3.59. The summed E-state index contributed by atoms with van der Waals surface area (Å²) in [6.45, 7) is 8.45. The number of benzene rings is 1. The Morgan fingerprint density at radius 3 is 2.67 bits per heavy atom. The van der Waals surface area contributed by atoms with Gasteiger partial charge in [0.1, 0.15) is 11.4 Å². The third-order valence-electron chi connectivity index (χ3n) is 2.61. The Morgan fingerprint density at radius 2 is 2.10 bits per heavy atom. The number of rotatable bonds is 5. The first-order chi connectivity index (χ1) is 9.67. The van der Waals surface area contributed by atoms with E-state index in [2.05, 4.69) is 26.6 Å². The summed E-state index contributed by atoms with van der Waals surface area (Å²) in [5.41, 5.74) is 0.459. The number of amides is 1. The van der Waals surface area contributed by atoms with E-state index in [1.54, 1.807) is 6.07 Å². The highest BCUT2D eigenvalue weighted by Gasteiger charge is 2.16. The van der Waals surface area contributed by atoms with Gasteiger partial charge in [0.2, 0.25) is 0 Å². The fourth-order valence-corrected chi connectivity index (χ4v) is 2.06. The first-order valence-electron chi connectivity index (χ1n) is 6.81. The Morgan fingerprint density at radius 1 is 1.43 bits per heavy atom. The zero-order valence-electron chi connectivity index (χ0n) is 12.8. The molecule has 0 spiro atoms. The molecule has 1 atom stereocenters. The number of hydrogen-bond acceptors (Lipinski definition) is 3. The second kappa shape index (κ2) is 7.75. The third kappa shape index (κ3) is 7.43. The molecular formula is C15H22BrFN2O2. The molecular weight excluding hydrogens is 339 g/mol. The van der Waals surface area contributed by atoms with Gasteiger partial charge in [-0.3, -0.25) is 0 Å². The summed E-state index contributed by atoms with van der Waals surface area (Å²) >= 11 is 3.32. The first-order valence-corrected chi connectivity index (χ1v) is 7.61. The highest BCUT2D eigenvalue weighted by molar-refractivity contribution is 9.10. The molecule has 4 nitrogen and oxygen atoms in total. The smallest absolute Gasteiger partial charge is 0.407 e. The zero-order chi connectivity index (χ0) is 16.0. The van der Waals surface area contributed by atoms with Crippen LogP contribution in [0.2, 0.25) is 0 Å². The molecule has 0 bridgehead atoms. The number of ether oxygens (including phenoxy) is 1. The number of nitrogens with one attached hydrogen (secondary N) is 2. The standard InChI is InChI=1S/C15H22BrFN2O2/c1-10(8-19-14(20)21-15(2,3)4)18-9-11-5-6-12(17)7-13(11)16/h5-7,10,18H,8-9H2,1-4H3,(H,19,20). The summed E-state index contributed by atoms with van der Waals surface area (Å²) < 4.78 is 18.9. The molecule has 0 heterocycles. The summed E-state index contributed by atoms with van der Waals surface area (Å²) in [6, 6.07) is 4.64. The summed E-state index contributed by atoms with van der Waals surface area (Å²) in [5, 5.41) is 5.96. The van der Waals surface area contributed by atoms with Crippen molar-refractivity contribution < 1.29 is 13.9 Å². The van der Waals surface area contributed by atoms with Crippen molar-refractivity contribution >= 4 is 22.0 Å². The quantitative estimate of drug-likeness (QED) is 0.843. The van der Waals surface area contributed by atoms with Crippen molar-refractivity contribution in [2.45, 2.75) is 45.9 Å². The average molecular weight is 361 g/mol. The number of carbonyl (C=O) groups is 1. The van der Waals surface area contributed by atoms with E-state index >= 15 is 0 Å². The SMILES string of the molecule is CC(CNC(=O)OC(C)(C)C)NCc1ccc(F)cc1Br. The van der Waals surface area contributed by atoms with Crippen LogP contribution in [0, 0.1) is 5.82 Å². The highest BCUT2D eigenvalue weighted by Crippen LogP contribution is 2.17. The maximum atomic E-state index is 13.0. The minimum Gasteiger partial charge on any atom is -0.444 e. The van der Waals surface area contributed by atoms with Gasteiger partial charge >= 0.3 is 6.09 Å². The fourth-order valence-electron chi connectivity index (χ4n) is 1.57. The monoisotopic (exact) mass is 360 g/mol. The van der Waals surface area contributed by atoms with Crippen molar-refractivity contribution in [3.8, 4) is 0 Å². The highest BCUT2D eigenvalue weighted by atomic mass is 79.9. The normalized spacial score (nSPS) is 12.9. The van der Waals surface area contributed by atoms with Crippen LogP contribution in [-0.2, 0) is 11.3 Å². The van der Waals surface area contributed by atoms with Gasteiger partial charge in [0.05, 0.1) is 0 Å². The minimum absolute atomic E-state index is 0.0643. The zero-order valence-corrected chi connectivity index (χ0v) is 14.4. The van der Waals surface area contributed by atoms with E-state index in [0.29, 0.717) is 13.1 Å². The molecule has 1 aromatic carbocycles. The molecule has 21 heavy (non-hydrogen) atoms. The Kier molecular flexibility index (Phi) is 6.61. The fraction of sp³-hybridized carbons (Fsp3) is 0.533. The van der Waals surface area contributed by atoms with Gasteiger partial charge in [0, 0.05) is 23.6 Å². The van der Waals surface area contributed by atoms with E-state index in [1.165, 1.54) is 12.1 Å². The Balaban J connectivity index is 2.34. The van der Waals surface area contributed by atoms with Gasteiger partial charge in [0.15, 0.2) is 0 Å². The van der Waals surface area contributed by atoms with Gasteiger partial charge in [-0.05, 0) is 45.4 Å². The van der Waals surface area contributed by atoms with Gasteiger partial charge < -0.3 is 15.4 Å². The van der Waals surface area contributed by atoms with Crippen molar-refractivity contribution in [2.24, 2.45) is 0 Å². The van der Waals surface area contributed by atoms with Gasteiger partial charge in [-0.25, -0.2) is 9.18 Å². The molecule has 0 radical (unpaired) electrons. The van der Waals surface area contributed by atoms with Crippen molar-refractivity contribution in [3.05, 3.63) is 34.1 Å². The van der Waals surface area contributed by atoms with Crippen molar-refractivity contribution in [1.29, 1.82) is 0 Å². The Labute approximate surface area is 133 Å². The minimum atomic E-state index is -0.500. The molecule has 2 N–H and O–H groups in total. The number of carbonyl (C=O) groups excluding carboxylic acids is 1. The molecule has 1 rings (SSSR count). The van der Waals surface area contributed by atoms with Gasteiger partial charge in [-0.1, -0.05) is 22.0 Å². The lowest BCUT2D eigenvalue weighted by Gasteiger charge is -2.21. The van der Waals surface area contributed by atoms with Crippen molar-refractivity contribution in [1.82, 2.24) is 10.6 Å². The second-order valence-electron chi connectivity index (χ2n) is 5.90. The topological polar surface area (TPSA) is 50.4 Å². The second-order valence-corrected chi connectivity index (χ2v) is 6.75. The van der Waals surface area contributed by atoms with E-state index in [9.17, 15) is 9.18 Å². The molecule has 0 saturated heterocycles. The van der Waals surface area contributed by atoms with E-state index < -0.39 is 11.7 Å². The van der Waals surface area contributed by atoms with Gasteiger partial charge in [-0.15, -0.1) is 0 Å². The third-order valence-corrected chi connectivity index (χ3v) is 3.35. The van der Waals surface area contributed by atoms with Crippen LogP contribution in [0.5, 0.6) is 0 Å². The van der Waals surface area contributed by atoms with Crippen LogP contribution < -0.4 is 10.6 Å². The number of halogens is 2. The summed E-state index contributed by atoms with van der Waals surface area (Å²) in [6.07, 6.45) is -0.431. The van der Waals surface area contributed by atoms with Crippen LogP contribution in [0.4, 0.5) is 9.18 Å². The van der Waals surface area contributed by atoms with Crippen LogP contribution in [-0.4, -0.2) is 24.3 Å². The molecule has 118 valence electrons. The van der Waals surface area contributed by atoms with Crippen LogP contribution in [0.3, 0.4) is 0 Å². The van der Waals surface area contributed by atoms with E-state index in [4.69, 9.17) is 4.74 Å². The van der Waals surface area contributed by atoms with E-state index in [1.807, 2.05) is 27.7 Å². The molecule has 0 aromatic heterocycles. The lowest BCUT2D eigenvalue weighted by Crippen LogP contribution is -2.41. The molecule has 1 amide bonds. The maximum absolute atomic E-state index is 13.0. The number of hydrogen-bond donors (Lipinski definition) is 2. The van der Waals surface area contributed by atoms with Crippen LogP contribution in [0.15, 0.2) is 22.7 Å². The summed E-state index contributed by atoms with van der Waals surface area (Å²) in [5.74, 6) is -0.273. The predicted molar refractivity (Wildman–Crippen MR) is 84.6 cm³/mol. The van der Waals surface area contributed by atoms with Crippen LogP contribution in [0.25, 0.3) is 0 Å². The molecule has 0 aliphatic rings. The van der Waals surface area contributed by atoms with Crippen LogP contribution >= 0.6 is 15.9 Å². The Bertz CT molecular complexity index is 489. The summed E-state index contributed by atoms with van der Waals surface area (Å²) in [4.78, 5) is 11.5. The average Bonchev–Trinajstić information content (AvgIpc) is 2.33. The molecule has 0 fully saturated rings. The lowest BCUT2D eigenvalue weighted by atomic mass is 10.2. The van der Waals surface area contributed by atoms with Crippen molar-refractivity contribution in [3.63, 3.8) is 0 Å². The molecule has 1 unspecified atom stereocenters. The van der Waals surface area contributed by atoms with Gasteiger partial charge in [0.25, 0.3) is 0 Å². The summed E-state index contributed by atoms with van der Waals surface area (Å²) in [7, 11) is 0. The van der Waals surface area contributed by atoms with E-state index in [0.717, 1.165) is 10.0 Å². The van der Waals surface area contributed by atoms with Crippen LogP contribution in [0.1, 0.15) is 33.3 Å². The Hall–Kier alpha value is -1.14. The van der Waals surface area contributed by atoms with Gasteiger partial charge in [-0.2, -0.15) is 0 Å². The molecule has 0 aliphatic carbocycles. The van der Waals surface area contributed by atoms with Crippen molar-refractivity contribution in [2.75, 3.05) is 6.54 Å². The molecule has 6 heteroatoms. The van der Waals surface area contributed by atoms with E-state index in [-0.39, 0.29) is 11.9 Å². The molecule has 0 aliphatic heterocycles. The lowest BCUT2D eigenvalue weighted by molar-refractivity contribution is 0.0523. The first kappa shape index (κ1) is 17.9. The molecule has 1 aromatic rings. The largest absolute Gasteiger partial charge is 0.444 e. The number of alkyl carbamates (subject to hydrolysis) is 1.